The van der Waals surface area contributed by atoms with Gasteiger partial charge in [0.2, 0.25) is 5.88 Å². The van der Waals surface area contributed by atoms with Gasteiger partial charge in [-0.05, 0) is 12.1 Å². The summed E-state index contributed by atoms with van der Waals surface area (Å²) < 4.78 is 41.9. The van der Waals surface area contributed by atoms with Crippen LogP contribution in [0.3, 0.4) is 0 Å². The van der Waals surface area contributed by atoms with Crippen LogP contribution in [0.15, 0.2) is 22.9 Å². The summed E-state index contributed by atoms with van der Waals surface area (Å²) in [5.74, 6) is -2.37. The van der Waals surface area contributed by atoms with E-state index in [4.69, 9.17) is 5.73 Å². The Hall–Kier alpha value is -2.38. The van der Waals surface area contributed by atoms with Gasteiger partial charge < -0.3 is 20.5 Å². The zero-order valence-electron chi connectivity index (χ0n) is 8.69. The van der Waals surface area contributed by atoms with E-state index in [9.17, 15) is 23.4 Å². The number of nitrogens with zero attached hydrogens (tertiary/aromatic N) is 1. The lowest BCUT2D eigenvalue weighted by molar-refractivity contribution is -0.138. The summed E-state index contributed by atoms with van der Waals surface area (Å²) in [5, 5.41) is 22.2. The third-order valence-corrected chi connectivity index (χ3v) is 2.35. The molecule has 5 nitrogen and oxygen atoms in total. The Morgan fingerprint density at radius 2 is 1.78 bits per heavy atom. The van der Waals surface area contributed by atoms with Crippen LogP contribution in [-0.2, 0) is 6.18 Å². The number of nitrogen functional groups attached to an aromatic ring is 1. The molecule has 2 aromatic rings. The summed E-state index contributed by atoms with van der Waals surface area (Å²) >= 11 is 0. The molecule has 2 rings (SSSR count). The molecule has 8 heteroatoms. The van der Waals surface area contributed by atoms with Crippen molar-refractivity contribution in [1.82, 2.24) is 5.16 Å². The average Bonchev–Trinajstić information content (AvgIpc) is 2.67. The Balaban J connectivity index is 2.62. The number of hydrogen-bond acceptors (Lipinski definition) is 5. The van der Waals surface area contributed by atoms with Gasteiger partial charge in [0.05, 0.1) is 11.8 Å². The van der Waals surface area contributed by atoms with Gasteiger partial charge >= 0.3 is 6.18 Å². The fourth-order valence-electron chi connectivity index (χ4n) is 1.48. The minimum Gasteiger partial charge on any atom is -0.504 e. The Kier molecular flexibility index (Phi) is 2.57. The van der Waals surface area contributed by atoms with Crippen molar-refractivity contribution in [1.29, 1.82) is 0 Å². The predicted octanol–water partition coefficient (Wildman–Crippen LogP) is 2.35. The van der Waals surface area contributed by atoms with Crippen molar-refractivity contribution < 1.29 is 27.9 Å². The number of anilines is 1. The first-order valence-electron chi connectivity index (χ1n) is 4.65. The van der Waals surface area contributed by atoms with E-state index >= 15 is 0 Å². The monoisotopic (exact) mass is 260 g/mol. The van der Waals surface area contributed by atoms with Crippen LogP contribution in [0.5, 0.6) is 11.5 Å². The molecular formula is C10H7F3N2O3. The lowest BCUT2D eigenvalue weighted by Gasteiger charge is -2.12. The molecule has 0 aliphatic heterocycles. The van der Waals surface area contributed by atoms with Crippen molar-refractivity contribution in [3.05, 3.63) is 23.9 Å². The maximum absolute atomic E-state index is 12.5. The number of halogens is 3. The van der Waals surface area contributed by atoms with Crippen LogP contribution in [0.2, 0.25) is 0 Å². The Bertz CT molecular complexity index is 593. The highest BCUT2D eigenvalue weighted by molar-refractivity contribution is 5.79. The van der Waals surface area contributed by atoms with Crippen LogP contribution in [0.4, 0.5) is 19.1 Å². The molecule has 0 saturated heterocycles. The smallest absolute Gasteiger partial charge is 0.420 e. The highest BCUT2D eigenvalue weighted by atomic mass is 19.4. The normalized spacial score (nSPS) is 11.7. The average molecular weight is 260 g/mol. The van der Waals surface area contributed by atoms with Gasteiger partial charge in [0.15, 0.2) is 11.5 Å². The second kappa shape index (κ2) is 3.83. The van der Waals surface area contributed by atoms with Crippen LogP contribution in [0.25, 0.3) is 11.1 Å². The van der Waals surface area contributed by atoms with E-state index in [1.807, 2.05) is 0 Å². The van der Waals surface area contributed by atoms with Gasteiger partial charge in [0, 0.05) is 5.56 Å². The van der Waals surface area contributed by atoms with Gasteiger partial charge in [-0.3, -0.25) is 0 Å². The maximum Gasteiger partial charge on any atom is 0.420 e. The highest BCUT2D eigenvalue weighted by Gasteiger charge is 2.35. The second-order valence-corrected chi connectivity index (χ2v) is 3.46. The summed E-state index contributed by atoms with van der Waals surface area (Å²) in [6, 6.07) is 1.61. The zero-order valence-corrected chi connectivity index (χ0v) is 8.69. The molecular weight excluding hydrogens is 253 g/mol. The van der Waals surface area contributed by atoms with Crippen molar-refractivity contribution >= 4 is 5.88 Å². The van der Waals surface area contributed by atoms with Crippen LogP contribution >= 0.6 is 0 Å². The van der Waals surface area contributed by atoms with E-state index in [0.29, 0.717) is 6.07 Å². The largest absolute Gasteiger partial charge is 0.504 e. The summed E-state index contributed by atoms with van der Waals surface area (Å²) in [5.41, 5.74) is 4.03. The number of phenolic OH excluding ortho intramolecular Hbond substituents is 2. The SMILES string of the molecule is Nc1oncc1-c1ccc(C(F)(F)F)c(O)c1O. The van der Waals surface area contributed by atoms with Crippen LogP contribution < -0.4 is 5.73 Å². The predicted molar refractivity (Wildman–Crippen MR) is 54.7 cm³/mol. The first-order valence-corrected chi connectivity index (χ1v) is 4.65. The number of phenols is 2. The molecule has 1 aromatic carbocycles. The van der Waals surface area contributed by atoms with Crippen molar-refractivity contribution in [3.8, 4) is 22.6 Å². The first-order chi connectivity index (χ1) is 8.32. The summed E-state index contributed by atoms with van der Waals surface area (Å²) in [4.78, 5) is 0. The molecule has 0 aliphatic carbocycles. The molecule has 0 atom stereocenters. The molecule has 0 saturated carbocycles. The Morgan fingerprint density at radius 1 is 1.11 bits per heavy atom. The minimum atomic E-state index is -4.76. The van der Waals surface area contributed by atoms with E-state index in [0.717, 1.165) is 12.3 Å². The number of benzene rings is 1. The van der Waals surface area contributed by atoms with E-state index in [1.54, 1.807) is 0 Å². The number of rotatable bonds is 1. The first kappa shape index (κ1) is 12.1. The van der Waals surface area contributed by atoms with Crippen LogP contribution in [-0.4, -0.2) is 15.4 Å². The summed E-state index contributed by atoms with van der Waals surface area (Å²) in [6.45, 7) is 0. The fourth-order valence-corrected chi connectivity index (χ4v) is 1.48. The minimum absolute atomic E-state index is 0.0940. The number of alkyl halides is 3. The molecule has 96 valence electrons. The van der Waals surface area contributed by atoms with Gasteiger partial charge in [-0.2, -0.15) is 13.2 Å². The molecule has 1 aromatic heterocycles. The topological polar surface area (TPSA) is 92.5 Å². The molecule has 0 unspecified atom stereocenters. The van der Waals surface area contributed by atoms with Crippen molar-refractivity contribution in [2.24, 2.45) is 0 Å². The number of nitrogens with two attached hydrogens (primary N) is 1. The van der Waals surface area contributed by atoms with E-state index in [-0.39, 0.29) is 17.0 Å². The van der Waals surface area contributed by atoms with Crippen molar-refractivity contribution in [2.75, 3.05) is 5.73 Å². The molecule has 0 aliphatic rings. The molecule has 0 bridgehead atoms. The quantitative estimate of drug-likeness (QED) is 0.684. The van der Waals surface area contributed by atoms with Crippen molar-refractivity contribution in [3.63, 3.8) is 0 Å². The molecule has 0 amide bonds. The lowest BCUT2D eigenvalue weighted by Crippen LogP contribution is -2.05. The second-order valence-electron chi connectivity index (χ2n) is 3.46. The molecule has 1 heterocycles. The third-order valence-electron chi connectivity index (χ3n) is 2.35. The van der Waals surface area contributed by atoms with E-state index < -0.39 is 23.2 Å². The van der Waals surface area contributed by atoms with Gasteiger partial charge in [0.1, 0.15) is 5.56 Å². The number of hydrogen-bond donors (Lipinski definition) is 3. The van der Waals surface area contributed by atoms with Crippen LogP contribution in [0, 0.1) is 0 Å². The van der Waals surface area contributed by atoms with Crippen molar-refractivity contribution in [2.45, 2.75) is 6.18 Å². The molecule has 0 radical (unpaired) electrons. The molecule has 0 spiro atoms. The number of aromatic nitrogens is 1. The van der Waals surface area contributed by atoms with E-state index in [2.05, 4.69) is 9.68 Å². The Morgan fingerprint density at radius 3 is 2.28 bits per heavy atom. The molecule has 18 heavy (non-hydrogen) atoms. The van der Waals surface area contributed by atoms with E-state index in [1.165, 1.54) is 0 Å². The summed E-state index contributed by atoms with van der Waals surface area (Å²) in [7, 11) is 0. The van der Waals surface area contributed by atoms with Gasteiger partial charge in [-0.25, -0.2) is 0 Å². The number of aromatic hydroxyl groups is 2. The fraction of sp³-hybridized carbons (Fsp3) is 0.100. The third kappa shape index (κ3) is 1.81. The highest BCUT2D eigenvalue weighted by Crippen LogP contribution is 2.45. The van der Waals surface area contributed by atoms with Gasteiger partial charge in [-0.1, -0.05) is 5.16 Å². The van der Waals surface area contributed by atoms with Gasteiger partial charge in [-0.15, -0.1) is 0 Å². The molecule has 4 N–H and O–H groups in total. The summed E-state index contributed by atoms with van der Waals surface area (Å²) in [6.07, 6.45) is -3.64. The van der Waals surface area contributed by atoms with Gasteiger partial charge in [0.25, 0.3) is 0 Å². The zero-order chi connectivity index (χ0) is 13.5. The maximum atomic E-state index is 12.5. The van der Waals surface area contributed by atoms with Crippen LogP contribution in [0.1, 0.15) is 5.56 Å². The Labute approximate surface area is 98.2 Å². The standard InChI is InChI=1S/C10H7F3N2O3/c11-10(12,13)6-2-1-4(7(16)8(6)17)5-3-15-18-9(5)14/h1-3,16-17H,14H2. The molecule has 0 fully saturated rings. The lowest BCUT2D eigenvalue weighted by atomic mass is 10.0.